The van der Waals surface area contributed by atoms with E-state index in [1.807, 2.05) is 6.07 Å². The Hall–Kier alpha value is -2.95. The van der Waals surface area contributed by atoms with Crippen molar-refractivity contribution in [2.75, 3.05) is 11.1 Å². The van der Waals surface area contributed by atoms with Crippen LogP contribution in [0.1, 0.15) is 5.56 Å². The molecule has 3 N–H and O–H groups in total. The van der Waals surface area contributed by atoms with E-state index in [0.29, 0.717) is 5.69 Å². The van der Waals surface area contributed by atoms with Gasteiger partial charge in [-0.2, -0.15) is 5.26 Å². The highest BCUT2D eigenvalue weighted by atomic mass is 19.4. The zero-order chi connectivity index (χ0) is 15.5. The number of ether oxygens (including phenoxy) is 1. The van der Waals surface area contributed by atoms with E-state index in [4.69, 9.17) is 11.0 Å². The number of rotatable bonds is 3. The van der Waals surface area contributed by atoms with Gasteiger partial charge in [0, 0.05) is 18.0 Å². The van der Waals surface area contributed by atoms with Crippen molar-refractivity contribution in [3.05, 3.63) is 42.1 Å². The van der Waals surface area contributed by atoms with Crippen LogP contribution in [-0.4, -0.2) is 11.3 Å². The molecule has 8 heteroatoms. The van der Waals surface area contributed by atoms with Gasteiger partial charge in [0.2, 0.25) is 0 Å². The van der Waals surface area contributed by atoms with E-state index in [-0.39, 0.29) is 22.8 Å². The third-order valence-electron chi connectivity index (χ3n) is 2.38. The summed E-state index contributed by atoms with van der Waals surface area (Å²) in [4.78, 5) is 3.93. The number of aromatic nitrogens is 1. The van der Waals surface area contributed by atoms with Gasteiger partial charge in [0.25, 0.3) is 0 Å². The molecule has 108 valence electrons. The lowest BCUT2D eigenvalue weighted by Gasteiger charge is -2.12. The predicted molar refractivity (Wildman–Crippen MR) is 69.8 cm³/mol. The Morgan fingerprint density at radius 3 is 2.67 bits per heavy atom. The van der Waals surface area contributed by atoms with Crippen molar-refractivity contribution in [1.29, 1.82) is 5.26 Å². The summed E-state index contributed by atoms with van der Waals surface area (Å²) < 4.78 is 40.2. The van der Waals surface area contributed by atoms with Crippen molar-refractivity contribution >= 4 is 17.2 Å². The van der Waals surface area contributed by atoms with Crippen molar-refractivity contribution in [2.24, 2.45) is 0 Å². The van der Waals surface area contributed by atoms with Crippen LogP contribution in [0.15, 0.2) is 36.5 Å². The van der Waals surface area contributed by atoms with Crippen LogP contribution in [0.2, 0.25) is 0 Å². The van der Waals surface area contributed by atoms with E-state index in [1.165, 1.54) is 30.5 Å². The fourth-order valence-electron chi connectivity index (χ4n) is 1.56. The fourth-order valence-corrected chi connectivity index (χ4v) is 1.56. The van der Waals surface area contributed by atoms with E-state index in [2.05, 4.69) is 15.0 Å². The lowest BCUT2D eigenvalue weighted by molar-refractivity contribution is -0.274. The molecule has 1 heterocycles. The second-order valence-corrected chi connectivity index (χ2v) is 3.97. The van der Waals surface area contributed by atoms with Gasteiger partial charge in [-0.1, -0.05) is 6.07 Å². The van der Waals surface area contributed by atoms with Crippen molar-refractivity contribution in [2.45, 2.75) is 6.36 Å². The number of hydrogen-bond acceptors (Lipinski definition) is 5. The maximum atomic E-state index is 12.1. The Morgan fingerprint density at radius 1 is 1.29 bits per heavy atom. The molecular formula is C13H9F3N4O. The van der Waals surface area contributed by atoms with Gasteiger partial charge >= 0.3 is 6.36 Å². The lowest BCUT2D eigenvalue weighted by Crippen LogP contribution is -2.17. The Balaban J connectivity index is 2.20. The molecule has 0 aliphatic carbocycles. The molecule has 1 aromatic carbocycles. The Bertz CT molecular complexity index is 695. The minimum absolute atomic E-state index is 0.205. The second kappa shape index (κ2) is 5.58. The Labute approximate surface area is 117 Å². The molecule has 0 aliphatic heterocycles. The average Bonchev–Trinajstić information content (AvgIpc) is 2.39. The standard InChI is InChI=1S/C13H9F3N4O/c14-13(15,16)21-10-3-1-2-9(5-10)20-12-11(18)4-8(6-17)7-19-12/h1-5,7H,18H2,(H,19,20). The van der Waals surface area contributed by atoms with Gasteiger partial charge < -0.3 is 15.8 Å². The first kappa shape index (κ1) is 14.5. The van der Waals surface area contributed by atoms with E-state index in [1.54, 1.807) is 0 Å². The van der Waals surface area contributed by atoms with E-state index in [9.17, 15) is 13.2 Å². The SMILES string of the molecule is N#Cc1cnc(Nc2cccc(OC(F)(F)F)c2)c(N)c1. The number of anilines is 3. The molecular weight excluding hydrogens is 285 g/mol. The number of alkyl halides is 3. The van der Waals surface area contributed by atoms with Crippen LogP contribution < -0.4 is 15.8 Å². The van der Waals surface area contributed by atoms with Crippen LogP contribution in [0.4, 0.5) is 30.4 Å². The van der Waals surface area contributed by atoms with Crippen molar-refractivity contribution in [3.8, 4) is 11.8 Å². The second-order valence-electron chi connectivity index (χ2n) is 3.97. The van der Waals surface area contributed by atoms with Crippen molar-refractivity contribution in [1.82, 2.24) is 4.98 Å². The van der Waals surface area contributed by atoms with Crippen molar-refractivity contribution in [3.63, 3.8) is 0 Å². The first-order valence-electron chi connectivity index (χ1n) is 5.66. The molecule has 0 saturated heterocycles. The summed E-state index contributed by atoms with van der Waals surface area (Å²) in [5, 5.41) is 11.5. The molecule has 0 aliphatic rings. The smallest absolute Gasteiger partial charge is 0.406 e. The molecule has 0 unspecified atom stereocenters. The third-order valence-corrected chi connectivity index (χ3v) is 2.38. The zero-order valence-electron chi connectivity index (χ0n) is 10.5. The minimum Gasteiger partial charge on any atom is -0.406 e. The summed E-state index contributed by atoms with van der Waals surface area (Å²) in [6, 6.07) is 8.54. The summed E-state index contributed by atoms with van der Waals surface area (Å²) in [6.07, 6.45) is -3.46. The minimum atomic E-state index is -4.76. The van der Waals surface area contributed by atoms with Crippen molar-refractivity contribution < 1.29 is 17.9 Å². The van der Waals surface area contributed by atoms with Gasteiger partial charge in [0.05, 0.1) is 11.3 Å². The molecule has 5 nitrogen and oxygen atoms in total. The molecule has 0 spiro atoms. The molecule has 2 aromatic rings. The van der Waals surface area contributed by atoms with E-state index in [0.717, 1.165) is 6.07 Å². The quantitative estimate of drug-likeness (QED) is 0.908. The van der Waals surface area contributed by atoms with Gasteiger partial charge in [0.1, 0.15) is 11.8 Å². The number of nitrogens with one attached hydrogen (secondary N) is 1. The van der Waals surface area contributed by atoms with E-state index < -0.39 is 6.36 Å². The first-order chi connectivity index (χ1) is 9.87. The maximum absolute atomic E-state index is 12.1. The Kier molecular flexibility index (Phi) is 3.84. The summed E-state index contributed by atoms with van der Waals surface area (Å²) >= 11 is 0. The summed E-state index contributed by atoms with van der Waals surface area (Å²) in [5.74, 6) is -0.127. The summed E-state index contributed by atoms with van der Waals surface area (Å²) in [6.45, 7) is 0. The largest absolute Gasteiger partial charge is 0.573 e. The molecule has 1 aromatic heterocycles. The van der Waals surface area contributed by atoms with Crippen LogP contribution in [0.25, 0.3) is 0 Å². The number of hydrogen-bond donors (Lipinski definition) is 2. The number of pyridine rings is 1. The highest BCUT2D eigenvalue weighted by molar-refractivity contribution is 5.70. The molecule has 0 fully saturated rings. The van der Waals surface area contributed by atoms with Gasteiger partial charge in [0.15, 0.2) is 5.82 Å². The number of benzene rings is 1. The van der Waals surface area contributed by atoms with Gasteiger partial charge in [-0.25, -0.2) is 4.98 Å². The Morgan fingerprint density at radius 2 is 2.05 bits per heavy atom. The number of halogens is 3. The molecule has 2 rings (SSSR count). The molecule has 0 radical (unpaired) electrons. The highest BCUT2D eigenvalue weighted by Crippen LogP contribution is 2.27. The normalized spacial score (nSPS) is 10.8. The summed E-state index contributed by atoms with van der Waals surface area (Å²) in [5.41, 5.74) is 6.51. The monoisotopic (exact) mass is 294 g/mol. The lowest BCUT2D eigenvalue weighted by atomic mass is 10.2. The molecule has 0 bridgehead atoms. The topological polar surface area (TPSA) is 84.0 Å². The number of nitrogens with two attached hydrogens (primary N) is 1. The van der Waals surface area contributed by atoms with Crippen LogP contribution in [0.3, 0.4) is 0 Å². The van der Waals surface area contributed by atoms with Crippen LogP contribution >= 0.6 is 0 Å². The summed E-state index contributed by atoms with van der Waals surface area (Å²) in [7, 11) is 0. The van der Waals surface area contributed by atoms with Gasteiger partial charge in [-0.15, -0.1) is 13.2 Å². The number of nitrogens with zero attached hydrogens (tertiary/aromatic N) is 2. The first-order valence-corrected chi connectivity index (χ1v) is 5.66. The highest BCUT2D eigenvalue weighted by Gasteiger charge is 2.31. The van der Waals surface area contributed by atoms with Crippen LogP contribution in [0.5, 0.6) is 5.75 Å². The third kappa shape index (κ3) is 4.01. The number of nitrogen functional groups attached to an aromatic ring is 1. The molecule has 0 atom stereocenters. The zero-order valence-corrected chi connectivity index (χ0v) is 10.5. The average molecular weight is 294 g/mol. The molecule has 21 heavy (non-hydrogen) atoms. The maximum Gasteiger partial charge on any atom is 0.573 e. The molecule has 0 saturated carbocycles. The van der Waals surface area contributed by atoms with Crippen LogP contribution in [-0.2, 0) is 0 Å². The van der Waals surface area contributed by atoms with Gasteiger partial charge in [-0.05, 0) is 18.2 Å². The van der Waals surface area contributed by atoms with Crippen LogP contribution in [0, 0.1) is 11.3 Å². The predicted octanol–water partition coefficient (Wildman–Crippen LogP) is 3.18. The fraction of sp³-hybridized carbons (Fsp3) is 0.0769. The molecule has 0 amide bonds. The van der Waals surface area contributed by atoms with E-state index >= 15 is 0 Å². The number of nitriles is 1. The van der Waals surface area contributed by atoms with Gasteiger partial charge in [-0.3, -0.25) is 0 Å².